The van der Waals surface area contributed by atoms with Crippen LogP contribution in [0.15, 0.2) is 48.5 Å². The fourth-order valence-corrected chi connectivity index (χ4v) is 2.20. The molecule has 0 atom stereocenters. The second-order valence-corrected chi connectivity index (χ2v) is 5.08. The van der Waals surface area contributed by atoms with Crippen molar-refractivity contribution in [2.45, 2.75) is 13.2 Å². The smallest absolute Gasteiger partial charge is 0.325 e. The summed E-state index contributed by atoms with van der Waals surface area (Å²) in [6, 6.07) is 14.8. The van der Waals surface area contributed by atoms with Crippen LogP contribution in [0.3, 0.4) is 0 Å². The highest BCUT2D eigenvalue weighted by Gasteiger charge is 2.13. The highest BCUT2D eigenvalue weighted by molar-refractivity contribution is 5.69. The van der Waals surface area contributed by atoms with Gasteiger partial charge in [-0.3, -0.25) is 4.79 Å². The van der Waals surface area contributed by atoms with E-state index < -0.39 is 5.97 Å². The van der Waals surface area contributed by atoms with Gasteiger partial charge in [-0.1, -0.05) is 30.3 Å². The molecule has 122 valence electrons. The molecule has 1 heterocycles. The molecule has 0 bridgehead atoms. The monoisotopic (exact) mass is 325 g/mol. The maximum atomic E-state index is 10.8. The summed E-state index contributed by atoms with van der Waals surface area (Å²) >= 11 is 0. The first kappa shape index (κ1) is 15.5. The first-order chi connectivity index (χ1) is 11.6. The zero-order valence-electron chi connectivity index (χ0n) is 12.7. The fourth-order valence-electron chi connectivity index (χ4n) is 2.20. The predicted molar refractivity (Wildman–Crippen MR) is 86.1 cm³/mol. The number of benzene rings is 2. The number of rotatable bonds is 6. The van der Waals surface area contributed by atoms with Crippen molar-refractivity contribution in [2.24, 2.45) is 0 Å². The van der Waals surface area contributed by atoms with Gasteiger partial charge >= 0.3 is 5.97 Å². The van der Waals surface area contributed by atoms with Gasteiger partial charge < -0.3 is 15.6 Å². The van der Waals surface area contributed by atoms with Gasteiger partial charge in [0.05, 0.1) is 5.69 Å². The standard InChI is InChI=1S/C16H15N5O3/c17-13-8-12(16-18-19-20-21(16)9-15(22)23)6-7-14(13)24-10-11-4-2-1-3-5-11/h1-8H,9-10,17H2,(H,22,23). The van der Waals surface area contributed by atoms with Crippen LogP contribution in [-0.4, -0.2) is 31.3 Å². The van der Waals surface area contributed by atoms with E-state index in [9.17, 15) is 4.79 Å². The van der Waals surface area contributed by atoms with Crippen molar-refractivity contribution in [1.29, 1.82) is 0 Å². The van der Waals surface area contributed by atoms with E-state index >= 15 is 0 Å². The van der Waals surface area contributed by atoms with E-state index in [4.69, 9.17) is 15.6 Å². The molecular weight excluding hydrogens is 310 g/mol. The third-order valence-electron chi connectivity index (χ3n) is 3.32. The molecule has 0 saturated carbocycles. The molecule has 24 heavy (non-hydrogen) atoms. The van der Waals surface area contributed by atoms with Crippen LogP contribution in [-0.2, 0) is 17.9 Å². The summed E-state index contributed by atoms with van der Waals surface area (Å²) in [4.78, 5) is 10.8. The molecule has 8 nitrogen and oxygen atoms in total. The fraction of sp³-hybridized carbons (Fsp3) is 0.125. The van der Waals surface area contributed by atoms with E-state index in [0.717, 1.165) is 5.56 Å². The summed E-state index contributed by atoms with van der Waals surface area (Å²) in [6.45, 7) is 0.0790. The van der Waals surface area contributed by atoms with Crippen molar-refractivity contribution in [1.82, 2.24) is 20.2 Å². The molecule has 0 aliphatic rings. The number of aliphatic carboxylic acids is 1. The maximum absolute atomic E-state index is 10.8. The molecule has 8 heteroatoms. The Morgan fingerprint density at radius 1 is 1.21 bits per heavy atom. The molecule has 3 rings (SSSR count). The van der Waals surface area contributed by atoms with Crippen molar-refractivity contribution in [3.8, 4) is 17.1 Å². The lowest BCUT2D eigenvalue weighted by Crippen LogP contribution is -2.11. The third kappa shape index (κ3) is 3.49. The van der Waals surface area contributed by atoms with Crippen LogP contribution in [0.1, 0.15) is 5.56 Å². The van der Waals surface area contributed by atoms with Gasteiger partial charge in [-0.15, -0.1) is 5.10 Å². The van der Waals surface area contributed by atoms with Crippen LogP contribution < -0.4 is 10.5 Å². The van der Waals surface area contributed by atoms with E-state index in [1.54, 1.807) is 18.2 Å². The van der Waals surface area contributed by atoms with Crippen LogP contribution >= 0.6 is 0 Å². The van der Waals surface area contributed by atoms with Gasteiger partial charge in [0.1, 0.15) is 18.9 Å². The second kappa shape index (κ2) is 6.78. The summed E-state index contributed by atoms with van der Waals surface area (Å²) in [6.07, 6.45) is 0. The number of nitrogens with zero attached hydrogens (tertiary/aromatic N) is 4. The SMILES string of the molecule is Nc1cc(-c2nnnn2CC(=O)O)ccc1OCc1ccccc1. The van der Waals surface area contributed by atoms with Crippen LogP contribution in [0.5, 0.6) is 5.75 Å². The van der Waals surface area contributed by atoms with Crippen LogP contribution in [0, 0.1) is 0 Å². The number of carboxylic acids is 1. The van der Waals surface area contributed by atoms with Crippen molar-refractivity contribution in [3.05, 3.63) is 54.1 Å². The number of carbonyl (C=O) groups is 1. The first-order valence-corrected chi connectivity index (χ1v) is 7.18. The van der Waals surface area contributed by atoms with Crippen molar-refractivity contribution in [3.63, 3.8) is 0 Å². The summed E-state index contributed by atoms with van der Waals surface area (Å²) in [5.41, 5.74) is 8.10. The number of carboxylic acid groups (broad SMARTS) is 1. The van der Waals surface area contributed by atoms with Crippen molar-refractivity contribution in [2.75, 3.05) is 5.73 Å². The lowest BCUT2D eigenvalue weighted by atomic mass is 10.1. The molecule has 0 unspecified atom stereocenters. The number of anilines is 1. The van der Waals surface area contributed by atoms with Gasteiger partial charge in [0.15, 0.2) is 5.82 Å². The molecule has 0 amide bonds. The number of tetrazole rings is 1. The van der Waals surface area contributed by atoms with E-state index in [-0.39, 0.29) is 6.54 Å². The molecule has 0 aliphatic heterocycles. The summed E-state index contributed by atoms with van der Waals surface area (Å²) in [7, 11) is 0. The number of nitrogens with two attached hydrogens (primary N) is 1. The van der Waals surface area contributed by atoms with Gasteiger partial charge in [0.25, 0.3) is 0 Å². The topological polar surface area (TPSA) is 116 Å². The largest absolute Gasteiger partial charge is 0.487 e. The van der Waals surface area contributed by atoms with Gasteiger partial charge in [-0.25, -0.2) is 4.68 Å². The Hall–Kier alpha value is -3.42. The molecule has 3 N–H and O–H groups in total. The quantitative estimate of drug-likeness (QED) is 0.661. The van der Waals surface area contributed by atoms with E-state index in [1.807, 2.05) is 30.3 Å². The molecule has 0 aliphatic carbocycles. The Morgan fingerprint density at radius 3 is 2.71 bits per heavy atom. The number of aromatic nitrogens is 4. The highest BCUT2D eigenvalue weighted by atomic mass is 16.5. The average molecular weight is 325 g/mol. The minimum Gasteiger partial charge on any atom is -0.487 e. The minimum atomic E-state index is -1.03. The van der Waals surface area contributed by atoms with E-state index in [0.29, 0.717) is 29.4 Å². The molecule has 0 fully saturated rings. The Morgan fingerprint density at radius 2 is 2.00 bits per heavy atom. The third-order valence-corrected chi connectivity index (χ3v) is 3.32. The zero-order chi connectivity index (χ0) is 16.9. The van der Waals surface area contributed by atoms with Crippen LogP contribution in [0.2, 0.25) is 0 Å². The Kier molecular flexibility index (Phi) is 4.37. The van der Waals surface area contributed by atoms with Gasteiger partial charge in [0, 0.05) is 5.56 Å². The average Bonchev–Trinajstić information content (AvgIpc) is 3.02. The molecule has 0 saturated heterocycles. The lowest BCUT2D eigenvalue weighted by Gasteiger charge is -2.10. The molecule has 2 aromatic carbocycles. The second-order valence-electron chi connectivity index (χ2n) is 5.08. The molecule has 3 aromatic rings. The van der Waals surface area contributed by atoms with Crippen LogP contribution in [0.4, 0.5) is 5.69 Å². The number of hydrogen-bond donors (Lipinski definition) is 2. The number of nitrogen functional groups attached to an aromatic ring is 1. The van der Waals surface area contributed by atoms with Gasteiger partial charge in [-0.05, 0) is 34.2 Å². The van der Waals surface area contributed by atoms with Gasteiger partial charge in [0.2, 0.25) is 0 Å². The molecule has 1 aromatic heterocycles. The van der Waals surface area contributed by atoms with Crippen molar-refractivity contribution >= 4 is 11.7 Å². The number of hydrogen-bond acceptors (Lipinski definition) is 6. The molecule has 0 spiro atoms. The summed E-state index contributed by atoms with van der Waals surface area (Å²) < 4.78 is 6.91. The Bertz CT molecular complexity index is 848. The Balaban J connectivity index is 1.77. The summed E-state index contributed by atoms with van der Waals surface area (Å²) in [5.74, 6) is -0.155. The zero-order valence-corrected chi connectivity index (χ0v) is 12.7. The normalized spacial score (nSPS) is 10.5. The minimum absolute atomic E-state index is 0.325. The van der Waals surface area contributed by atoms with E-state index in [2.05, 4.69) is 15.5 Å². The van der Waals surface area contributed by atoms with E-state index in [1.165, 1.54) is 4.68 Å². The van der Waals surface area contributed by atoms with Gasteiger partial charge in [-0.2, -0.15) is 0 Å². The van der Waals surface area contributed by atoms with Crippen LogP contribution in [0.25, 0.3) is 11.4 Å². The lowest BCUT2D eigenvalue weighted by molar-refractivity contribution is -0.137. The maximum Gasteiger partial charge on any atom is 0.325 e. The Labute approximate surface area is 137 Å². The van der Waals surface area contributed by atoms with Crippen molar-refractivity contribution < 1.29 is 14.6 Å². The first-order valence-electron chi connectivity index (χ1n) is 7.18. The molecular formula is C16H15N5O3. The molecule has 0 radical (unpaired) electrons. The number of ether oxygens (including phenoxy) is 1. The predicted octanol–water partition coefficient (Wildman–Crippen LogP) is 1.59. The summed E-state index contributed by atoms with van der Waals surface area (Å²) in [5, 5.41) is 19.9. The highest BCUT2D eigenvalue weighted by Crippen LogP contribution is 2.28.